The van der Waals surface area contributed by atoms with Gasteiger partial charge in [0.2, 0.25) is 0 Å². The van der Waals surface area contributed by atoms with Gasteiger partial charge in [-0.15, -0.1) is 0 Å². The lowest BCUT2D eigenvalue weighted by Crippen LogP contribution is -2.45. The summed E-state index contributed by atoms with van der Waals surface area (Å²) in [5.74, 6) is -2.26. The molecule has 1 fully saturated rings. The number of hydrogen-bond donors (Lipinski definition) is 3. The highest BCUT2D eigenvalue weighted by Crippen LogP contribution is 2.27. The molecule has 8 heteroatoms. The number of aryl methyl sites for hydroxylation is 1. The molecule has 45 heavy (non-hydrogen) atoms. The van der Waals surface area contributed by atoms with E-state index in [2.05, 4.69) is 41.7 Å². The molecule has 2 atom stereocenters. The van der Waals surface area contributed by atoms with Gasteiger partial charge < -0.3 is 25.0 Å². The molecule has 1 amide bonds. The number of carbonyl (C=O) groups excluding carboxylic acids is 1. The van der Waals surface area contributed by atoms with Gasteiger partial charge in [0, 0.05) is 6.04 Å². The third-order valence-electron chi connectivity index (χ3n) is 8.13. The highest BCUT2D eigenvalue weighted by atomic mass is 16.5. The first kappa shape index (κ1) is 31.3. The maximum Gasteiger partial charge on any atom is 0.335 e. The molecule has 0 spiro atoms. The Kier molecular flexibility index (Phi) is 10.5. The Labute approximate surface area is 262 Å². The van der Waals surface area contributed by atoms with Crippen molar-refractivity contribution in [3.05, 3.63) is 119 Å². The van der Waals surface area contributed by atoms with Crippen LogP contribution in [0, 0.1) is 5.92 Å². The van der Waals surface area contributed by atoms with E-state index in [4.69, 9.17) is 9.47 Å². The summed E-state index contributed by atoms with van der Waals surface area (Å²) >= 11 is 0. The molecule has 232 valence electrons. The lowest BCUT2D eigenvalue weighted by atomic mass is 9.84. The molecule has 4 aromatic rings. The van der Waals surface area contributed by atoms with Crippen molar-refractivity contribution in [2.24, 2.45) is 5.92 Å². The average Bonchev–Trinajstić information content (AvgIpc) is 3.07. The second kappa shape index (κ2) is 15.1. The van der Waals surface area contributed by atoms with Crippen LogP contribution >= 0.6 is 0 Å². The third-order valence-corrected chi connectivity index (χ3v) is 8.13. The second-order valence-electron chi connectivity index (χ2n) is 11.3. The maximum atomic E-state index is 13.2. The number of nitrogens with one attached hydrogen (secondary N) is 1. The van der Waals surface area contributed by atoms with Gasteiger partial charge in [-0.1, -0.05) is 79.6 Å². The summed E-state index contributed by atoms with van der Waals surface area (Å²) in [6.07, 6.45) is 4.07. The van der Waals surface area contributed by atoms with Gasteiger partial charge in [-0.2, -0.15) is 0 Å². The number of amides is 1. The van der Waals surface area contributed by atoms with E-state index < -0.39 is 29.8 Å². The molecular weight excluding hydrogens is 570 g/mol. The predicted molar refractivity (Wildman–Crippen MR) is 171 cm³/mol. The fourth-order valence-corrected chi connectivity index (χ4v) is 5.61. The third kappa shape index (κ3) is 8.50. The van der Waals surface area contributed by atoms with E-state index in [-0.39, 0.29) is 16.9 Å². The van der Waals surface area contributed by atoms with E-state index in [9.17, 15) is 24.6 Å². The van der Waals surface area contributed by atoms with E-state index in [1.54, 1.807) is 0 Å². The number of aliphatic carboxylic acids is 1. The number of rotatable bonds is 13. The quantitative estimate of drug-likeness (QED) is 0.140. The van der Waals surface area contributed by atoms with E-state index in [1.807, 2.05) is 42.5 Å². The minimum atomic E-state index is -1.16. The number of carbonyl (C=O) groups is 3. The van der Waals surface area contributed by atoms with Gasteiger partial charge in [-0.25, -0.2) is 4.79 Å². The molecule has 0 aliphatic heterocycles. The van der Waals surface area contributed by atoms with Crippen LogP contribution in [0.15, 0.2) is 97.1 Å². The van der Waals surface area contributed by atoms with E-state index in [0.29, 0.717) is 32.5 Å². The number of ether oxygens (including phenoxy) is 2. The van der Waals surface area contributed by atoms with Crippen molar-refractivity contribution in [1.29, 1.82) is 0 Å². The van der Waals surface area contributed by atoms with Gasteiger partial charge in [-0.3, -0.25) is 9.59 Å². The molecule has 0 aromatic heterocycles. The summed E-state index contributed by atoms with van der Waals surface area (Å²) in [5, 5.41) is 21.9. The lowest BCUT2D eigenvalue weighted by molar-refractivity contribution is -0.143. The zero-order chi connectivity index (χ0) is 31.6. The Bertz CT molecular complexity index is 1600. The van der Waals surface area contributed by atoms with Crippen molar-refractivity contribution < 1.29 is 34.1 Å². The van der Waals surface area contributed by atoms with Crippen LogP contribution in [0.4, 0.5) is 0 Å². The van der Waals surface area contributed by atoms with E-state index in [1.165, 1.54) is 23.8 Å². The fourth-order valence-electron chi connectivity index (χ4n) is 5.61. The first-order valence-electron chi connectivity index (χ1n) is 15.3. The van der Waals surface area contributed by atoms with Crippen molar-refractivity contribution in [2.75, 3.05) is 6.61 Å². The van der Waals surface area contributed by atoms with Crippen LogP contribution < -0.4 is 14.8 Å². The van der Waals surface area contributed by atoms with Gasteiger partial charge in [0.1, 0.15) is 18.1 Å². The van der Waals surface area contributed by atoms with Crippen LogP contribution in [-0.4, -0.2) is 40.7 Å². The van der Waals surface area contributed by atoms with Crippen LogP contribution in [-0.2, 0) is 17.8 Å². The van der Waals surface area contributed by atoms with Crippen LogP contribution in [0.3, 0.4) is 0 Å². The Balaban J connectivity index is 1.12. The summed E-state index contributed by atoms with van der Waals surface area (Å²) in [6.45, 7) is 0.779. The summed E-state index contributed by atoms with van der Waals surface area (Å²) in [6, 6.07) is 30.1. The summed E-state index contributed by atoms with van der Waals surface area (Å²) in [5.41, 5.74) is 4.57. The smallest absolute Gasteiger partial charge is 0.335 e. The largest absolute Gasteiger partial charge is 0.493 e. The number of carboxylic acids is 2. The Morgan fingerprint density at radius 2 is 1.44 bits per heavy atom. The van der Waals surface area contributed by atoms with E-state index in [0.717, 1.165) is 41.7 Å². The van der Waals surface area contributed by atoms with Gasteiger partial charge >= 0.3 is 11.9 Å². The number of benzene rings is 4. The Morgan fingerprint density at radius 1 is 0.756 bits per heavy atom. The molecule has 3 N–H and O–H groups in total. The van der Waals surface area contributed by atoms with Crippen molar-refractivity contribution in [3.63, 3.8) is 0 Å². The standard InChI is InChI=1S/C37H37NO7/c39-35(38-33-11-5-4-10-31(33)37(42)43)32-23-29(36(40)41)18-21-34(32)44-22-6-7-25-14-19-30(20-15-25)45-24-26-12-16-28(17-13-26)27-8-2-1-3-9-27/h1-3,8-9,12-21,23,31,33H,4-7,10-11,22,24H2,(H,38,39)(H,40,41)(H,42,43). The number of aromatic carboxylic acids is 1. The molecule has 0 bridgehead atoms. The van der Waals surface area contributed by atoms with Gasteiger partial charge in [0.15, 0.2) is 0 Å². The van der Waals surface area contributed by atoms with E-state index >= 15 is 0 Å². The minimum absolute atomic E-state index is 0.0440. The van der Waals surface area contributed by atoms with Gasteiger partial charge in [0.05, 0.1) is 23.7 Å². The van der Waals surface area contributed by atoms with Crippen LogP contribution in [0.1, 0.15) is 63.9 Å². The molecule has 8 nitrogen and oxygen atoms in total. The number of carboxylic acid groups (broad SMARTS) is 2. The fraction of sp³-hybridized carbons (Fsp3) is 0.270. The SMILES string of the molecule is O=C(O)c1ccc(OCCCc2ccc(OCc3ccc(-c4ccccc4)cc3)cc2)c(C(=O)NC2CCCCC2C(=O)O)c1. The van der Waals surface area contributed by atoms with Crippen LogP contribution in [0.5, 0.6) is 11.5 Å². The molecule has 5 rings (SSSR count). The molecular formula is C37H37NO7. The average molecular weight is 608 g/mol. The summed E-state index contributed by atoms with van der Waals surface area (Å²) in [7, 11) is 0. The molecule has 0 heterocycles. The van der Waals surface area contributed by atoms with Crippen molar-refractivity contribution in [2.45, 2.75) is 51.2 Å². The first-order valence-corrected chi connectivity index (χ1v) is 15.3. The Morgan fingerprint density at radius 3 is 2.16 bits per heavy atom. The van der Waals surface area contributed by atoms with Gasteiger partial charge in [-0.05, 0) is 78.3 Å². The topological polar surface area (TPSA) is 122 Å². The van der Waals surface area contributed by atoms with Crippen molar-refractivity contribution in [1.82, 2.24) is 5.32 Å². The molecule has 0 saturated heterocycles. The summed E-state index contributed by atoms with van der Waals surface area (Å²) in [4.78, 5) is 36.5. The minimum Gasteiger partial charge on any atom is -0.493 e. The summed E-state index contributed by atoms with van der Waals surface area (Å²) < 4.78 is 11.9. The first-order chi connectivity index (χ1) is 21.9. The molecule has 1 aliphatic carbocycles. The van der Waals surface area contributed by atoms with Crippen LogP contribution in [0.2, 0.25) is 0 Å². The Hall–Kier alpha value is -5.11. The molecule has 4 aromatic carbocycles. The zero-order valence-corrected chi connectivity index (χ0v) is 25.0. The molecule has 1 aliphatic rings. The highest BCUT2D eigenvalue weighted by Gasteiger charge is 2.32. The second-order valence-corrected chi connectivity index (χ2v) is 11.3. The van der Waals surface area contributed by atoms with Crippen LogP contribution in [0.25, 0.3) is 11.1 Å². The molecule has 0 radical (unpaired) electrons. The lowest BCUT2D eigenvalue weighted by Gasteiger charge is -2.29. The molecule has 2 unspecified atom stereocenters. The normalized spacial score (nSPS) is 16.0. The van der Waals surface area contributed by atoms with Gasteiger partial charge in [0.25, 0.3) is 5.91 Å². The monoisotopic (exact) mass is 607 g/mol. The predicted octanol–water partition coefficient (Wildman–Crippen LogP) is 7.02. The molecule has 1 saturated carbocycles. The van der Waals surface area contributed by atoms with Crippen molar-refractivity contribution >= 4 is 17.8 Å². The van der Waals surface area contributed by atoms with Crippen molar-refractivity contribution in [3.8, 4) is 22.6 Å². The highest BCUT2D eigenvalue weighted by molar-refractivity contribution is 6.00. The maximum absolute atomic E-state index is 13.2. The number of hydrogen-bond acceptors (Lipinski definition) is 5. The zero-order valence-electron chi connectivity index (χ0n) is 25.0.